The van der Waals surface area contributed by atoms with Crippen molar-refractivity contribution in [1.29, 1.82) is 0 Å². The van der Waals surface area contributed by atoms with E-state index in [2.05, 4.69) is 0 Å². The molecule has 0 radical (unpaired) electrons. The van der Waals surface area contributed by atoms with Crippen LogP contribution in [0.3, 0.4) is 0 Å². The molecule has 2 atom stereocenters. The lowest BCUT2D eigenvalue weighted by atomic mass is 10.1. The number of primary amides is 1. The maximum absolute atomic E-state index is 13.5. The van der Waals surface area contributed by atoms with Crippen LogP contribution < -0.4 is 5.73 Å². The summed E-state index contributed by atoms with van der Waals surface area (Å²) in [7, 11) is 0. The SMILES string of the molecule is NC(=O)[C@@H]1C[C@@H](F)CN1C(=O)Cc1cc(F)c(F)cc1F. The Balaban J connectivity index is 2.18. The van der Waals surface area contributed by atoms with Gasteiger partial charge in [0.15, 0.2) is 11.6 Å². The van der Waals surface area contributed by atoms with Crippen molar-refractivity contribution in [2.24, 2.45) is 5.73 Å². The maximum atomic E-state index is 13.5. The highest BCUT2D eigenvalue weighted by molar-refractivity contribution is 5.88. The molecule has 1 aliphatic heterocycles. The normalized spacial score (nSPS) is 21.6. The second-order valence-electron chi connectivity index (χ2n) is 4.83. The Morgan fingerprint density at radius 2 is 1.81 bits per heavy atom. The highest BCUT2D eigenvalue weighted by atomic mass is 19.2. The molecule has 0 saturated carbocycles. The minimum atomic E-state index is -1.40. The highest BCUT2D eigenvalue weighted by Crippen LogP contribution is 2.22. The lowest BCUT2D eigenvalue weighted by Gasteiger charge is -2.21. The fraction of sp³-hybridized carbons (Fsp3) is 0.385. The number of amides is 2. The van der Waals surface area contributed by atoms with Crippen LogP contribution in [0.1, 0.15) is 12.0 Å². The van der Waals surface area contributed by atoms with Crippen LogP contribution in [0.2, 0.25) is 0 Å². The van der Waals surface area contributed by atoms with Crippen molar-refractivity contribution in [3.8, 4) is 0 Å². The third kappa shape index (κ3) is 3.14. The van der Waals surface area contributed by atoms with Crippen molar-refractivity contribution >= 4 is 11.8 Å². The molecule has 0 spiro atoms. The summed E-state index contributed by atoms with van der Waals surface area (Å²) in [5.74, 6) is -5.40. The van der Waals surface area contributed by atoms with Crippen molar-refractivity contribution in [3.05, 3.63) is 35.1 Å². The topological polar surface area (TPSA) is 63.4 Å². The summed E-state index contributed by atoms with van der Waals surface area (Å²) in [6.45, 7) is -0.336. The zero-order valence-electron chi connectivity index (χ0n) is 10.8. The van der Waals surface area contributed by atoms with E-state index in [0.717, 1.165) is 4.90 Å². The van der Waals surface area contributed by atoms with Gasteiger partial charge < -0.3 is 10.6 Å². The second kappa shape index (κ2) is 5.71. The molecule has 21 heavy (non-hydrogen) atoms. The molecule has 2 rings (SSSR count). The van der Waals surface area contributed by atoms with Crippen molar-refractivity contribution in [3.63, 3.8) is 0 Å². The van der Waals surface area contributed by atoms with E-state index in [-0.39, 0.29) is 18.5 Å². The van der Waals surface area contributed by atoms with Gasteiger partial charge in [-0.25, -0.2) is 17.6 Å². The first kappa shape index (κ1) is 15.3. The van der Waals surface area contributed by atoms with Crippen LogP contribution in [0.5, 0.6) is 0 Å². The molecule has 2 N–H and O–H groups in total. The van der Waals surface area contributed by atoms with Gasteiger partial charge in [-0.2, -0.15) is 0 Å². The molecule has 4 nitrogen and oxygen atoms in total. The molecule has 1 heterocycles. The standard InChI is InChI=1S/C13H12F4N2O2/c14-7-3-11(13(18)21)19(5-7)12(20)2-6-1-9(16)10(17)4-8(6)15/h1,4,7,11H,2-3,5H2,(H2,18,21)/t7-,11+/m1/s1. The number of rotatable bonds is 3. The first-order valence-corrected chi connectivity index (χ1v) is 6.16. The number of alkyl halides is 1. The first-order valence-electron chi connectivity index (χ1n) is 6.16. The summed E-state index contributed by atoms with van der Waals surface area (Å²) >= 11 is 0. The maximum Gasteiger partial charge on any atom is 0.240 e. The Morgan fingerprint density at radius 3 is 2.43 bits per heavy atom. The lowest BCUT2D eigenvalue weighted by Crippen LogP contribution is -2.44. The molecule has 1 fully saturated rings. The minimum Gasteiger partial charge on any atom is -0.368 e. The number of hydrogen-bond donors (Lipinski definition) is 1. The summed E-state index contributed by atoms with van der Waals surface area (Å²) in [5.41, 5.74) is 4.70. The number of nitrogens with two attached hydrogens (primary N) is 1. The Bertz CT molecular complexity index is 594. The van der Waals surface area contributed by atoms with Gasteiger partial charge in [0.2, 0.25) is 11.8 Å². The van der Waals surface area contributed by atoms with E-state index >= 15 is 0 Å². The minimum absolute atomic E-state index is 0.221. The van der Waals surface area contributed by atoms with Gasteiger partial charge in [0.1, 0.15) is 18.0 Å². The largest absolute Gasteiger partial charge is 0.368 e. The second-order valence-corrected chi connectivity index (χ2v) is 4.83. The number of hydrogen-bond acceptors (Lipinski definition) is 2. The monoisotopic (exact) mass is 304 g/mol. The molecule has 0 aliphatic carbocycles. The van der Waals surface area contributed by atoms with Crippen molar-refractivity contribution in [2.75, 3.05) is 6.54 Å². The van der Waals surface area contributed by atoms with E-state index in [0.29, 0.717) is 12.1 Å². The predicted octanol–water partition coefficient (Wildman–Crippen LogP) is 1.07. The third-order valence-electron chi connectivity index (χ3n) is 3.33. The van der Waals surface area contributed by atoms with Gasteiger partial charge in [-0.15, -0.1) is 0 Å². The number of likely N-dealkylation sites (tertiary alicyclic amines) is 1. The predicted molar refractivity (Wildman–Crippen MR) is 64.2 cm³/mol. The van der Waals surface area contributed by atoms with E-state index in [4.69, 9.17) is 5.73 Å². The molecule has 0 aromatic heterocycles. The number of nitrogens with zero attached hydrogens (tertiary/aromatic N) is 1. The summed E-state index contributed by atoms with van der Waals surface area (Å²) < 4.78 is 52.6. The first-order chi connectivity index (χ1) is 9.79. The Kier molecular flexibility index (Phi) is 4.15. The van der Waals surface area contributed by atoms with Gasteiger partial charge >= 0.3 is 0 Å². The molecule has 0 unspecified atom stereocenters. The van der Waals surface area contributed by atoms with Crippen molar-refractivity contribution < 1.29 is 27.2 Å². The van der Waals surface area contributed by atoms with Crippen LogP contribution in [0, 0.1) is 17.5 Å². The molecule has 8 heteroatoms. The zero-order valence-corrected chi connectivity index (χ0v) is 10.8. The number of benzene rings is 1. The molecule has 0 bridgehead atoms. The quantitative estimate of drug-likeness (QED) is 0.670. The van der Waals surface area contributed by atoms with Crippen LogP contribution >= 0.6 is 0 Å². The molecule has 114 valence electrons. The smallest absolute Gasteiger partial charge is 0.240 e. The molecule has 1 aromatic rings. The molecular weight excluding hydrogens is 292 g/mol. The van der Waals surface area contributed by atoms with Gasteiger partial charge in [0.05, 0.1) is 13.0 Å². The average molecular weight is 304 g/mol. The molecular formula is C13H12F4N2O2. The van der Waals surface area contributed by atoms with Crippen molar-refractivity contribution in [1.82, 2.24) is 4.90 Å². The number of carbonyl (C=O) groups excluding carboxylic acids is 2. The molecule has 1 aliphatic rings. The van der Waals surface area contributed by atoms with Crippen LogP contribution in [-0.2, 0) is 16.0 Å². The van der Waals surface area contributed by atoms with E-state index in [9.17, 15) is 27.2 Å². The number of carbonyl (C=O) groups is 2. The van der Waals surface area contributed by atoms with Crippen LogP contribution in [-0.4, -0.2) is 35.5 Å². The van der Waals surface area contributed by atoms with Gasteiger partial charge in [-0.3, -0.25) is 9.59 Å². The third-order valence-corrected chi connectivity index (χ3v) is 3.33. The summed E-state index contributed by atoms with van der Waals surface area (Å²) in [6.07, 6.45) is -2.23. The lowest BCUT2D eigenvalue weighted by molar-refractivity contribution is -0.136. The van der Waals surface area contributed by atoms with Gasteiger partial charge in [-0.1, -0.05) is 0 Å². The Hall–Kier alpha value is -2.12. The molecule has 1 saturated heterocycles. The van der Waals surface area contributed by atoms with E-state index in [1.165, 1.54) is 0 Å². The summed E-state index contributed by atoms with van der Waals surface area (Å²) in [6, 6.07) is -0.225. The Labute approximate surface area is 117 Å². The molecule has 1 aromatic carbocycles. The van der Waals surface area contributed by atoms with Crippen molar-refractivity contribution in [2.45, 2.75) is 25.1 Å². The fourth-order valence-electron chi connectivity index (χ4n) is 2.29. The fourth-order valence-corrected chi connectivity index (χ4v) is 2.29. The van der Waals surface area contributed by atoms with E-state index in [1.54, 1.807) is 0 Å². The van der Waals surface area contributed by atoms with Crippen LogP contribution in [0.25, 0.3) is 0 Å². The number of halogens is 4. The van der Waals surface area contributed by atoms with Gasteiger partial charge in [-0.05, 0) is 6.07 Å². The highest BCUT2D eigenvalue weighted by Gasteiger charge is 2.38. The molecule has 2 amide bonds. The van der Waals surface area contributed by atoms with Crippen LogP contribution in [0.15, 0.2) is 12.1 Å². The zero-order chi connectivity index (χ0) is 15.7. The Morgan fingerprint density at radius 1 is 1.19 bits per heavy atom. The van der Waals surface area contributed by atoms with E-state index < -0.39 is 47.9 Å². The summed E-state index contributed by atoms with van der Waals surface area (Å²) in [5, 5.41) is 0. The van der Waals surface area contributed by atoms with Gasteiger partial charge in [0.25, 0.3) is 0 Å². The van der Waals surface area contributed by atoms with Crippen LogP contribution in [0.4, 0.5) is 17.6 Å². The average Bonchev–Trinajstić information content (AvgIpc) is 2.78. The summed E-state index contributed by atoms with van der Waals surface area (Å²) in [4.78, 5) is 24.0. The van der Waals surface area contributed by atoms with Gasteiger partial charge in [0, 0.05) is 18.1 Å². The van der Waals surface area contributed by atoms with E-state index in [1.807, 2.05) is 0 Å².